The maximum absolute atomic E-state index is 11.0. The first kappa shape index (κ1) is 11.5. The van der Waals surface area contributed by atoms with Crippen LogP contribution in [0.25, 0.3) is 22.2 Å². The molecule has 1 aromatic carbocycles. The van der Waals surface area contributed by atoms with Crippen LogP contribution >= 0.6 is 0 Å². The van der Waals surface area contributed by atoms with Crippen LogP contribution in [0.5, 0.6) is 0 Å². The Morgan fingerprint density at radius 1 is 1.21 bits per heavy atom. The van der Waals surface area contributed by atoms with Crippen LogP contribution in [0, 0.1) is 0 Å². The largest absolute Gasteiger partial charge is 0.477 e. The number of carbonyl (C=O) groups is 1. The molecule has 19 heavy (non-hydrogen) atoms. The third-order valence-electron chi connectivity index (χ3n) is 3.24. The van der Waals surface area contributed by atoms with Gasteiger partial charge in [-0.15, -0.1) is 0 Å². The average Bonchev–Trinajstić information content (AvgIpc) is 2.80. The van der Waals surface area contributed by atoms with Crippen molar-refractivity contribution in [3.63, 3.8) is 0 Å². The van der Waals surface area contributed by atoms with E-state index in [0.717, 1.165) is 22.2 Å². The van der Waals surface area contributed by atoms with E-state index in [4.69, 9.17) is 5.11 Å². The number of benzene rings is 1. The van der Waals surface area contributed by atoms with Crippen molar-refractivity contribution >= 4 is 16.9 Å². The SMILES string of the molecule is Cn1c(C(=O)O)ccc1-c1ccc2ncccc2c1. The van der Waals surface area contributed by atoms with Gasteiger partial charge in [0.25, 0.3) is 0 Å². The van der Waals surface area contributed by atoms with Gasteiger partial charge in [0.15, 0.2) is 0 Å². The normalized spacial score (nSPS) is 10.8. The van der Waals surface area contributed by atoms with Gasteiger partial charge in [-0.2, -0.15) is 0 Å². The number of aromatic nitrogens is 2. The lowest BCUT2D eigenvalue weighted by Gasteiger charge is -2.06. The second-order valence-electron chi connectivity index (χ2n) is 4.38. The average molecular weight is 252 g/mol. The van der Waals surface area contributed by atoms with E-state index in [2.05, 4.69) is 4.98 Å². The molecule has 3 rings (SSSR count). The molecule has 0 amide bonds. The molecule has 94 valence electrons. The fourth-order valence-electron chi connectivity index (χ4n) is 2.25. The van der Waals surface area contributed by atoms with E-state index in [1.807, 2.05) is 36.4 Å². The summed E-state index contributed by atoms with van der Waals surface area (Å²) in [5.41, 5.74) is 3.07. The Hall–Kier alpha value is -2.62. The highest BCUT2D eigenvalue weighted by Crippen LogP contribution is 2.25. The van der Waals surface area contributed by atoms with Crippen LogP contribution in [-0.2, 0) is 7.05 Å². The van der Waals surface area contributed by atoms with Gasteiger partial charge in [0.2, 0.25) is 0 Å². The van der Waals surface area contributed by atoms with Crippen LogP contribution in [0.15, 0.2) is 48.7 Å². The zero-order valence-electron chi connectivity index (χ0n) is 10.4. The second-order valence-corrected chi connectivity index (χ2v) is 4.38. The molecule has 3 aromatic rings. The highest BCUT2D eigenvalue weighted by molar-refractivity contribution is 5.89. The maximum atomic E-state index is 11.0. The molecular weight excluding hydrogens is 240 g/mol. The van der Waals surface area contributed by atoms with E-state index in [1.54, 1.807) is 23.9 Å². The molecule has 0 aliphatic rings. The number of nitrogens with zero attached hydrogens (tertiary/aromatic N) is 2. The van der Waals surface area contributed by atoms with Gasteiger partial charge >= 0.3 is 5.97 Å². The number of aromatic carboxylic acids is 1. The van der Waals surface area contributed by atoms with Gasteiger partial charge in [-0.05, 0) is 35.9 Å². The number of fused-ring (bicyclic) bond motifs is 1. The summed E-state index contributed by atoms with van der Waals surface area (Å²) < 4.78 is 1.68. The van der Waals surface area contributed by atoms with E-state index >= 15 is 0 Å². The molecule has 0 fully saturated rings. The lowest BCUT2D eigenvalue weighted by Crippen LogP contribution is -2.05. The first-order valence-electron chi connectivity index (χ1n) is 5.91. The molecule has 0 aliphatic heterocycles. The first-order valence-corrected chi connectivity index (χ1v) is 5.91. The van der Waals surface area contributed by atoms with Crippen molar-refractivity contribution in [2.75, 3.05) is 0 Å². The number of rotatable bonds is 2. The van der Waals surface area contributed by atoms with Gasteiger partial charge in [0.05, 0.1) is 5.52 Å². The Morgan fingerprint density at radius 2 is 2.05 bits per heavy atom. The van der Waals surface area contributed by atoms with E-state index in [-0.39, 0.29) is 5.69 Å². The van der Waals surface area contributed by atoms with Crippen LogP contribution in [0.4, 0.5) is 0 Å². The summed E-state index contributed by atoms with van der Waals surface area (Å²) in [7, 11) is 1.76. The number of hydrogen-bond acceptors (Lipinski definition) is 2. The Balaban J connectivity index is 2.16. The van der Waals surface area contributed by atoms with E-state index in [0.29, 0.717) is 0 Å². The van der Waals surface area contributed by atoms with Crippen LogP contribution in [0.1, 0.15) is 10.5 Å². The van der Waals surface area contributed by atoms with Gasteiger partial charge in [-0.25, -0.2) is 4.79 Å². The summed E-state index contributed by atoms with van der Waals surface area (Å²) in [6.07, 6.45) is 1.76. The molecule has 0 unspecified atom stereocenters. The minimum atomic E-state index is -0.920. The predicted molar refractivity (Wildman–Crippen MR) is 73.1 cm³/mol. The molecule has 0 radical (unpaired) electrons. The third kappa shape index (κ3) is 1.87. The zero-order valence-corrected chi connectivity index (χ0v) is 10.4. The minimum absolute atomic E-state index is 0.279. The quantitative estimate of drug-likeness (QED) is 0.763. The van der Waals surface area contributed by atoms with E-state index in [1.165, 1.54) is 0 Å². The van der Waals surface area contributed by atoms with Crippen molar-refractivity contribution in [1.82, 2.24) is 9.55 Å². The van der Waals surface area contributed by atoms with E-state index in [9.17, 15) is 4.79 Å². The monoisotopic (exact) mass is 252 g/mol. The van der Waals surface area contributed by atoms with Crippen molar-refractivity contribution in [2.24, 2.45) is 7.05 Å². The Labute approximate surface area is 109 Å². The zero-order chi connectivity index (χ0) is 13.4. The van der Waals surface area contributed by atoms with Gasteiger partial charge in [-0.1, -0.05) is 12.1 Å². The van der Waals surface area contributed by atoms with E-state index < -0.39 is 5.97 Å². The summed E-state index contributed by atoms with van der Waals surface area (Å²) in [5.74, 6) is -0.920. The molecule has 0 saturated carbocycles. The second kappa shape index (κ2) is 4.24. The Kier molecular flexibility index (Phi) is 2.56. The molecule has 0 atom stereocenters. The Morgan fingerprint density at radius 3 is 2.79 bits per heavy atom. The summed E-state index contributed by atoms with van der Waals surface area (Å²) in [4.78, 5) is 15.3. The molecule has 0 aliphatic carbocycles. The number of carboxylic acid groups (broad SMARTS) is 1. The van der Waals surface area contributed by atoms with Crippen molar-refractivity contribution in [1.29, 1.82) is 0 Å². The molecule has 1 N–H and O–H groups in total. The van der Waals surface area contributed by atoms with Crippen LogP contribution in [0.2, 0.25) is 0 Å². The highest BCUT2D eigenvalue weighted by atomic mass is 16.4. The third-order valence-corrected chi connectivity index (χ3v) is 3.24. The predicted octanol–water partition coefficient (Wildman–Crippen LogP) is 2.94. The standard InChI is InChI=1S/C15H12N2O2/c1-17-13(6-7-14(17)15(18)19)11-4-5-12-10(9-11)3-2-8-16-12/h2-9H,1H3,(H,18,19). The van der Waals surface area contributed by atoms with Crippen molar-refractivity contribution in [3.05, 3.63) is 54.4 Å². The van der Waals surface area contributed by atoms with Crippen molar-refractivity contribution in [3.8, 4) is 11.3 Å². The first-order chi connectivity index (χ1) is 9.16. The fraction of sp³-hybridized carbons (Fsp3) is 0.0667. The van der Waals surface area contributed by atoms with Crippen molar-refractivity contribution in [2.45, 2.75) is 0 Å². The summed E-state index contributed by atoms with van der Waals surface area (Å²) in [6.45, 7) is 0. The van der Waals surface area contributed by atoms with Gasteiger partial charge in [-0.3, -0.25) is 4.98 Å². The molecule has 0 spiro atoms. The fourth-order valence-corrected chi connectivity index (χ4v) is 2.25. The molecule has 2 aromatic heterocycles. The molecule has 4 nitrogen and oxygen atoms in total. The van der Waals surface area contributed by atoms with Gasteiger partial charge in [0, 0.05) is 24.3 Å². The van der Waals surface area contributed by atoms with Crippen LogP contribution in [0.3, 0.4) is 0 Å². The smallest absolute Gasteiger partial charge is 0.352 e. The molecule has 0 saturated heterocycles. The van der Waals surface area contributed by atoms with Crippen LogP contribution in [-0.4, -0.2) is 20.6 Å². The number of hydrogen-bond donors (Lipinski definition) is 1. The lowest BCUT2D eigenvalue weighted by molar-refractivity contribution is 0.0687. The topological polar surface area (TPSA) is 55.1 Å². The molecule has 2 heterocycles. The van der Waals surface area contributed by atoms with Crippen molar-refractivity contribution < 1.29 is 9.90 Å². The summed E-state index contributed by atoms with van der Waals surface area (Å²) >= 11 is 0. The number of pyridine rings is 1. The minimum Gasteiger partial charge on any atom is -0.477 e. The summed E-state index contributed by atoms with van der Waals surface area (Å²) in [6, 6.07) is 13.2. The number of carboxylic acids is 1. The van der Waals surface area contributed by atoms with Gasteiger partial charge < -0.3 is 9.67 Å². The van der Waals surface area contributed by atoms with Gasteiger partial charge in [0.1, 0.15) is 5.69 Å². The highest BCUT2D eigenvalue weighted by Gasteiger charge is 2.12. The maximum Gasteiger partial charge on any atom is 0.352 e. The van der Waals surface area contributed by atoms with Crippen LogP contribution < -0.4 is 0 Å². The lowest BCUT2D eigenvalue weighted by atomic mass is 10.1. The molecule has 0 bridgehead atoms. The Bertz CT molecular complexity index is 775. The summed E-state index contributed by atoms with van der Waals surface area (Å²) in [5, 5.41) is 10.1. The molecule has 4 heteroatoms. The molecular formula is C15H12N2O2.